The van der Waals surface area contributed by atoms with Crippen LogP contribution >= 0.6 is 23.2 Å². The van der Waals surface area contributed by atoms with Crippen LogP contribution in [0, 0.1) is 11.6 Å². The van der Waals surface area contributed by atoms with Gasteiger partial charge in [0.15, 0.2) is 23.1 Å². The molecule has 0 atom stereocenters. The zero-order valence-corrected chi connectivity index (χ0v) is 17.1. The molecule has 0 radical (unpaired) electrons. The van der Waals surface area contributed by atoms with Crippen LogP contribution in [0.15, 0.2) is 24.3 Å². The van der Waals surface area contributed by atoms with Gasteiger partial charge in [0, 0.05) is 24.1 Å². The van der Waals surface area contributed by atoms with Crippen LogP contribution in [0.2, 0.25) is 10.0 Å². The molecule has 0 aliphatic heterocycles. The molecule has 6 nitrogen and oxygen atoms in total. The van der Waals surface area contributed by atoms with Crippen LogP contribution in [-0.2, 0) is 9.31 Å². The van der Waals surface area contributed by atoms with Crippen LogP contribution in [0.3, 0.4) is 0 Å². The van der Waals surface area contributed by atoms with E-state index in [1.807, 2.05) is 0 Å². The minimum absolute atomic E-state index is 0.0231. The van der Waals surface area contributed by atoms with Gasteiger partial charge in [-0.25, -0.2) is 8.78 Å². The number of benzene rings is 2. The maximum Gasteiger partial charge on any atom is 0.494 e. The van der Waals surface area contributed by atoms with Gasteiger partial charge in [-0.05, 0) is 18.6 Å². The molecule has 2 N–H and O–H groups in total. The fraction of sp³-hybridized carbons (Fsp3) is 0.294. The van der Waals surface area contributed by atoms with Crippen LogP contribution < -0.4 is 20.4 Å². The lowest BCUT2D eigenvalue weighted by Crippen LogP contribution is -2.38. The Kier molecular flexibility index (Phi) is 9.01. The summed E-state index contributed by atoms with van der Waals surface area (Å²) >= 11 is 11.6. The van der Waals surface area contributed by atoms with Crippen LogP contribution in [0.5, 0.6) is 11.5 Å². The first-order valence-electron chi connectivity index (χ1n) is 8.44. The summed E-state index contributed by atoms with van der Waals surface area (Å²) < 4.78 is 48.4. The second kappa shape index (κ2) is 11.0. The van der Waals surface area contributed by atoms with Gasteiger partial charge in [0.25, 0.3) is 0 Å². The largest absolute Gasteiger partial charge is 0.494 e. The zero-order chi connectivity index (χ0) is 21.6. The number of rotatable bonds is 10. The van der Waals surface area contributed by atoms with Crippen molar-refractivity contribution in [3.63, 3.8) is 0 Å². The van der Waals surface area contributed by atoms with Gasteiger partial charge in [0.05, 0.1) is 24.3 Å². The highest BCUT2D eigenvalue weighted by molar-refractivity contribution is 6.60. The normalized spacial score (nSPS) is 10.8. The summed E-state index contributed by atoms with van der Waals surface area (Å²) in [5.41, 5.74) is -0.273. The highest BCUT2D eigenvalue weighted by Crippen LogP contribution is 2.26. The summed E-state index contributed by atoms with van der Waals surface area (Å²) in [6, 6.07) is 5.31. The van der Waals surface area contributed by atoms with E-state index in [0.29, 0.717) is 0 Å². The SMILES string of the molecule is COc1c(Cl)ccc(B(O)OCCCOB(O)c2ccc(Cl)c(OC)c2F)c1F. The molecule has 0 aromatic heterocycles. The zero-order valence-electron chi connectivity index (χ0n) is 15.6. The number of halogens is 4. The van der Waals surface area contributed by atoms with E-state index in [2.05, 4.69) is 0 Å². The minimum Gasteiger partial charge on any atom is -0.492 e. The standard InChI is InChI=1S/C17H18B2Cl2F2O6/c1-26-16-12(20)6-4-10(14(16)22)18(24)28-8-3-9-29-19(25)11-5-7-13(21)17(27-2)15(11)23/h4-7,24-25H,3,8-9H2,1-2H3. The second-order valence-corrected chi connectivity index (χ2v) is 6.58. The highest BCUT2D eigenvalue weighted by Gasteiger charge is 2.26. The van der Waals surface area contributed by atoms with Gasteiger partial charge in [-0.15, -0.1) is 0 Å². The van der Waals surface area contributed by atoms with Gasteiger partial charge in [0.2, 0.25) is 0 Å². The lowest BCUT2D eigenvalue weighted by atomic mass is 9.78. The fourth-order valence-corrected chi connectivity index (χ4v) is 2.93. The summed E-state index contributed by atoms with van der Waals surface area (Å²) in [5, 5.41) is 20.1. The monoisotopic (exact) mass is 448 g/mol. The minimum atomic E-state index is -1.55. The van der Waals surface area contributed by atoms with Crippen molar-refractivity contribution in [2.45, 2.75) is 6.42 Å². The van der Waals surface area contributed by atoms with Gasteiger partial charge < -0.3 is 28.8 Å². The summed E-state index contributed by atoms with van der Waals surface area (Å²) in [4.78, 5) is 0. The van der Waals surface area contributed by atoms with Gasteiger partial charge >= 0.3 is 14.2 Å². The van der Waals surface area contributed by atoms with E-state index in [1.165, 1.54) is 38.5 Å². The van der Waals surface area contributed by atoms with Crippen molar-refractivity contribution >= 4 is 48.4 Å². The molecule has 156 valence electrons. The molecule has 29 heavy (non-hydrogen) atoms. The summed E-state index contributed by atoms with van der Waals surface area (Å²) in [5.74, 6) is -2.05. The van der Waals surface area contributed by atoms with E-state index < -0.39 is 25.9 Å². The predicted molar refractivity (Wildman–Crippen MR) is 108 cm³/mol. The Morgan fingerprint density at radius 1 is 0.793 bits per heavy atom. The van der Waals surface area contributed by atoms with Crippen molar-refractivity contribution in [3.05, 3.63) is 45.9 Å². The Balaban J connectivity index is 1.84. The molecule has 0 unspecified atom stereocenters. The molecule has 0 bridgehead atoms. The number of ether oxygens (including phenoxy) is 2. The Bertz CT molecular complexity index is 779. The van der Waals surface area contributed by atoms with E-state index in [-0.39, 0.29) is 52.1 Å². The van der Waals surface area contributed by atoms with E-state index in [0.717, 1.165) is 0 Å². The van der Waals surface area contributed by atoms with Gasteiger partial charge in [0.1, 0.15) is 0 Å². The van der Waals surface area contributed by atoms with Crippen LogP contribution in [0.4, 0.5) is 8.78 Å². The third-order valence-electron chi connectivity index (χ3n) is 3.94. The second-order valence-electron chi connectivity index (χ2n) is 5.77. The molecule has 0 fully saturated rings. The van der Waals surface area contributed by atoms with E-state index in [4.69, 9.17) is 42.0 Å². The van der Waals surface area contributed by atoms with Crippen LogP contribution in [0.25, 0.3) is 0 Å². The lowest BCUT2D eigenvalue weighted by molar-refractivity contribution is 0.211. The van der Waals surface area contributed by atoms with Crippen molar-refractivity contribution in [2.75, 3.05) is 27.4 Å². The third-order valence-corrected chi connectivity index (χ3v) is 4.53. The smallest absolute Gasteiger partial charge is 0.492 e. The molecule has 0 saturated carbocycles. The molecule has 0 aliphatic rings. The molecule has 0 amide bonds. The molecule has 0 saturated heterocycles. The topological polar surface area (TPSA) is 77.4 Å². The lowest BCUT2D eigenvalue weighted by Gasteiger charge is -2.14. The van der Waals surface area contributed by atoms with Gasteiger partial charge in [-0.3, -0.25) is 0 Å². The van der Waals surface area contributed by atoms with Crippen LogP contribution in [-0.4, -0.2) is 51.7 Å². The molecular weight excluding hydrogens is 431 g/mol. The first-order valence-corrected chi connectivity index (χ1v) is 9.20. The fourth-order valence-electron chi connectivity index (χ4n) is 2.48. The average Bonchev–Trinajstić information content (AvgIpc) is 2.68. The predicted octanol–water partition coefficient (Wildman–Crippen LogP) is 1.79. The average molecular weight is 449 g/mol. The first-order chi connectivity index (χ1) is 13.8. The summed E-state index contributed by atoms with van der Waals surface area (Å²) in [7, 11) is -0.598. The third kappa shape index (κ3) is 5.75. The van der Waals surface area contributed by atoms with Gasteiger partial charge in [-0.2, -0.15) is 0 Å². The first kappa shape index (κ1) is 23.7. The van der Waals surface area contributed by atoms with Crippen molar-refractivity contribution in [3.8, 4) is 11.5 Å². The van der Waals surface area contributed by atoms with Crippen LogP contribution in [0.1, 0.15) is 6.42 Å². The molecule has 0 heterocycles. The summed E-state index contributed by atoms with van der Waals surface area (Å²) in [6.45, 7) is -0.0463. The Morgan fingerprint density at radius 3 is 1.52 bits per heavy atom. The van der Waals surface area contributed by atoms with Crippen molar-refractivity contribution < 1.29 is 37.6 Å². The highest BCUT2D eigenvalue weighted by atomic mass is 35.5. The number of hydrogen-bond donors (Lipinski definition) is 2. The van der Waals surface area contributed by atoms with Crippen molar-refractivity contribution in [2.24, 2.45) is 0 Å². The Labute approximate surface area is 177 Å². The Morgan fingerprint density at radius 2 is 1.17 bits per heavy atom. The molecule has 2 rings (SSSR count). The molecule has 0 aliphatic carbocycles. The van der Waals surface area contributed by atoms with E-state index in [1.54, 1.807) is 0 Å². The molecule has 0 spiro atoms. The number of hydrogen-bond acceptors (Lipinski definition) is 6. The molecule has 12 heteroatoms. The maximum absolute atomic E-state index is 14.2. The summed E-state index contributed by atoms with van der Waals surface area (Å²) in [6.07, 6.45) is 0.229. The maximum atomic E-state index is 14.2. The van der Waals surface area contributed by atoms with Crippen molar-refractivity contribution in [1.82, 2.24) is 0 Å². The van der Waals surface area contributed by atoms with Gasteiger partial charge in [-0.1, -0.05) is 35.3 Å². The molecule has 2 aromatic rings. The van der Waals surface area contributed by atoms with E-state index >= 15 is 0 Å². The molecule has 2 aromatic carbocycles. The van der Waals surface area contributed by atoms with E-state index in [9.17, 15) is 18.8 Å². The quantitative estimate of drug-likeness (QED) is 0.426. The molecular formula is C17H18B2Cl2F2O6. The Hall–Kier alpha value is -1.55. The number of methoxy groups -OCH3 is 2. The van der Waals surface area contributed by atoms with Crippen molar-refractivity contribution in [1.29, 1.82) is 0 Å².